The molecule has 24 heavy (non-hydrogen) atoms. The van der Waals surface area contributed by atoms with Crippen LogP contribution in [0.2, 0.25) is 0 Å². The number of benzene rings is 1. The molecule has 1 aromatic carbocycles. The molecule has 0 bridgehead atoms. The number of phenols is 1. The highest BCUT2D eigenvalue weighted by Gasteiger charge is 2.09. The molecule has 1 amide bonds. The Bertz CT molecular complexity index is 729. The van der Waals surface area contributed by atoms with Crippen molar-refractivity contribution in [3.63, 3.8) is 0 Å². The number of phenolic OH excluding ortho intramolecular Hbond substituents is 1. The van der Waals surface area contributed by atoms with Crippen molar-refractivity contribution < 1.29 is 24.5 Å². The van der Waals surface area contributed by atoms with Crippen LogP contribution >= 0.6 is 11.3 Å². The monoisotopic (exact) mass is 349 g/mol. The smallest absolute Gasteiger partial charge is 0.227 e. The third-order valence-electron chi connectivity index (χ3n) is 3.05. The van der Waals surface area contributed by atoms with Gasteiger partial charge in [-0.3, -0.25) is 4.79 Å². The normalized spacial score (nSPS) is 10.4. The summed E-state index contributed by atoms with van der Waals surface area (Å²) in [6, 6.07) is 4.87. The van der Waals surface area contributed by atoms with E-state index < -0.39 is 5.97 Å². The first-order valence-electron chi connectivity index (χ1n) is 7.32. The van der Waals surface area contributed by atoms with Crippen LogP contribution in [0.5, 0.6) is 11.5 Å². The van der Waals surface area contributed by atoms with E-state index in [1.54, 1.807) is 17.5 Å². The summed E-state index contributed by atoms with van der Waals surface area (Å²) in [5.74, 6) is -1.00. The fourth-order valence-corrected chi connectivity index (χ4v) is 2.79. The molecule has 0 saturated heterocycles. The molecule has 0 unspecified atom stereocenters. The van der Waals surface area contributed by atoms with Crippen LogP contribution in [0.25, 0.3) is 0 Å². The van der Waals surface area contributed by atoms with E-state index in [0.29, 0.717) is 23.1 Å². The maximum Gasteiger partial charge on any atom is 0.227 e. The number of hydrogen-bond acceptors (Lipinski definition) is 7. The zero-order chi connectivity index (χ0) is 17.5. The van der Waals surface area contributed by atoms with E-state index >= 15 is 0 Å². The van der Waals surface area contributed by atoms with E-state index in [9.17, 15) is 19.8 Å². The molecule has 128 valence electrons. The second kappa shape index (κ2) is 8.30. The zero-order valence-electron chi connectivity index (χ0n) is 13.1. The summed E-state index contributed by atoms with van der Waals surface area (Å²) in [6.07, 6.45) is -0.181. The van der Waals surface area contributed by atoms with Gasteiger partial charge in [-0.15, -0.1) is 11.3 Å². The predicted octanol–water partition coefficient (Wildman–Crippen LogP) is 0.399. The molecule has 0 spiro atoms. The first-order valence-corrected chi connectivity index (χ1v) is 8.20. The Morgan fingerprint density at radius 3 is 2.88 bits per heavy atom. The number of amides is 1. The molecule has 0 fully saturated rings. The van der Waals surface area contributed by atoms with E-state index in [4.69, 9.17) is 4.74 Å². The number of rotatable bonds is 8. The number of ether oxygens (including phenoxy) is 1. The Morgan fingerprint density at radius 1 is 1.38 bits per heavy atom. The molecule has 0 aliphatic rings. The fraction of sp³-hybridized carbons (Fsp3) is 0.312. The molecule has 1 aromatic heterocycles. The minimum absolute atomic E-state index is 0.0511. The number of carbonyl (C=O) groups is 2. The molecule has 2 N–H and O–H groups in total. The van der Waals surface area contributed by atoms with Gasteiger partial charge in [0.05, 0.1) is 18.7 Å². The third kappa shape index (κ3) is 5.24. The van der Waals surface area contributed by atoms with Crippen molar-refractivity contribution in [1.29, 1.82) is 0 Å². The first-order chi connectivity index (χ1) is 11.5. The summed E-state index contributed by atoms with van der Waals surface area (Å²) in [7, 11) is 0. The Hall–Kier alpha value is -2.61. The van der Waals surface area contributed by atoms with Crippen LogP contribution < -0.4 is 15.2 Å². The Balaban J connectivity index is 1.88. The summed E-state index contributed by atoms with van der Waals surface area (Å²) >= 11 is 1.24. The minimum atomic E-state index is -1.20. The van der Waals surface area contributed by atoms with Gasteiger partial charge >= 0.3 is 0 Å². The van der Waals surface area contributed by atoms with Gasteiger partial charge in [-0.2, -0.15) is 0 Å². The second-order valence-corrected chi connectivity index (χ2v) is 5.91. The molecule has 0 aliphatic heterocycles. The van der Waals surface area contributed by atoms with Crippen LogP contribution in [0, 0.1) is 0 Å². The number of thiazole rings is 1. The van der Waals surface area contributed by atoms with Gasteiger partial charge in [0.15, 0.2) is 11.5 Å². The summed E-state index contributed by atoms with van der Waals surface area (Å²) < 4.78 is 5.29. The molecule has 2 rings (SSSR count). The van der Waals surface area contributed by atoms with Crippen LogP contribution in [0.3, 0.4) is 0 Å². The van der Waals surface area contributed by atoms with Crippen molar-refractivity contribution in [2.24, 2.45) is 0 Å². The van der Waals surface area contributed by atoms with Crippen molar-refractivity contribution in [2.75, 3.05) is 6.61 Å². The SMILES string of the molecule is CCOc1cc(CNC(=O)Cc2nc(CC(=O)[O-])cs2)ccc1O. The Labute approximate surface area is 142 Å². The van der Waals surface area contributed by atoms with Crippen molar-refractivity contribution >= 4 is 23.2 Å². The van der Waals surface area contributed by atoms with Crippen LogP contribution in [-0.4, -0.2) is 28.6 Å². The van der Waals surface area contributed by atoms with E-state index in [-0.39, 0.29) is 31.0 Å². The topological polar surface area (TPSA) is 112 Å². The molecule has 0 aliphatic carbocycles. The van der Waals surface area contributed by atoms with E-state index in [1.165, 1.54) is 17.4 Å². The Morgan fingerprint density at radius 2 is 2.17 bits per heavy atom. The molecule has 8 heteroatoms. The Kier molecular flexibility index (Phi) is 6.14. The summed E-state index contributed by atoms with van der Waals surface area (Å²) in [6.45, 7) is 2.54. The zero-order valence-corrected chi connectivity index (χ0v) is 13.9. The van der Waals surface area contributed by atoms with Crippen molar-refractivity contribution in [1.82, 2.24) is 10.3 Å². The lowest BCUT2D eigenvalue weighted by Gasteiger charge is -2.09. The van der Waals surface area contributed by atoms with E-state index in [2.05, 4.69) is 10.3 Å². The van der Waals surface area contributed by atoms with E-state index in [1.807, 2.05) is 6.92 Å². The van der Waals surface area contributed by atoms with Crippen molar-refractivity contribution in [3.8, 4) is 11.5 Å². The van der Waals surface area contributed by atoms with Gasteiger partial charge < -0.3 is 25.1 Å². The summed E-state index contributed by atoms with van der Waals surface area (Å²) in [5, 5.41) is 25.0. The standard InChI is InChI=1S/C16H18N2O5S/c1-2-23-13-5-10(3-4-12(13)19)8-17-14(20)7-15-18-11(9-24-15)6-16(21)22/h3-5,9,19H,2,6-8H2,1H3,(H,17,20)(H,21,22)/p-1. The molecular formula is C16H17N2O5S-. The van der Waals surface area contributed by atoms with Gasteiger partial charge in [-0.05, 0) is 24.6 Å². The lowest BCUT2D eigenvalue weighted by Crippen LogP contribution is -2.25. The number of carboxylic acid groups (broad SMARTS) is 1. The average molecular weight is 349 g/mol. The number of nitrogens with zero attached hydrogens (tertiary/aromatic N) is 1. The maximum absolute atomic E-state index is 11.9. The lowest BCUT2D eigenvalue weighted by atomic mass is 10.2. The van der Waals surface area contributed by atoms with Gasteiger partial charge in [0.2, 0.25) is 5.91 Å². The summed E-state index contributed by atoms with van der Waals surface area (Å²) in [4.78, 5) is 26.5. The number of aromatic hydroxyl groups is 1. The molecule has 0 atom stereocenters. The first kappa shape index (κ1) is 17.7. The predicted molar refractivity (Wildman–Crippen MR) is 85.7 cm³/mol. The van der Waals surface area contributed by atoms with Gasteiger partial charge in [-0.1, -0.05) is 6.07 Å². The van der Waals surface area contributed by atoms with E-state index in [0.717, 1.165) is 5.56 Å². The molecule has 7 nitrogen and oxygen atoms in total. The molecular weight excluding hydrogens is 332 g/mol. The van der Waals surface area contributed by atoms with Crippen LogP contribution in [0.15, 0.2) is 23.6 Å². The number of carboxylic acids is 1. The molecule has 0 radical (unpaired) electrons. The van der Waals surface area contributed by atoms with Gasteiger partial charge in [0.1, 0.15) is 5.01 Å². The highest BCUT2D eigenvalue weighted by atomic mass is 32.1. The molecule has 1 heterocycles. The van der Waals surface area contributed by atoms with Gasteiger partial charge in [0, 0.05) is 24.3 Å². The second-order valence-electron chi connectivity index (χ2n) is 4.97. The maximum atomic E-state index is 11.9. The van der Waals surface area contributed by atoms with Crippen molar-refractivity contribution in [2.45, 2.75) is 26.3 Å². The molecule has 0 saturated carbocycles. The van der Waals surface area contributed by atoms with Crippen LogP contribution in [-0.2, 0) is 29.0 Å². The minimum Gasteiger partial charge on any atom is -0.550 e. The quantitative estimate of drug-likeness (QED) is 0.713. The van der Waals surface area contributed by atoms with Gasteiger partial charge in [-0.25, -0.2) is 4.98 Å². The number of aliphatic carboxylic acids is 1. The number of hydrogen-bond donors (Lipinski definition) is 2. The number of carbonyl (C=O) groups excluding carboxylic acids is 2. The number of aromatic nitrogens is 1. The van der Waals surface area contributed by atoms with Gasteiger partial charge in [0.25, 0.3) is 0 Å². The van der Waals surface area contributed by atoms with Crippen molar-refractivity contribution in [3.05, 3.63) is 39.8 Å². The summed E-state index contributed by atoms with van der Waals surface area (Å²) in [5.41, 5.74) is 1.18. The largest absolute Gasteiger partial charge is 0.550 e. The highest BCUT2D eigenvalue weighted by Crippen LogP contribution is 2.26. The fourth-order valence-electron chi connectivity index (χ4n) is 2.00. The lowest BCUT2D eigenvalue weighted by molar-refractivity contribution is -0.304. The number of nitrogens with one attached hydrogen (secondary N) is 1. The van der Waals surface area contributed by atoms with Crippen LogP contribution in [0.4, 0.5) is 0 Å². The third-order valence-corrected chi connectivity index (χ3v) is 3.95. The highest BCUT2D eigenvalue weighted by molar-refractivity contribution is 7.09. The van der Waals surface area contributed by atoms with Crippen LogP contribution in [0.1, 0.15) is 23.2 Å². The molecule has 2 aromatic rings. The average Bonchev–Trinajstić information content (AvgIpc) is 2.94.